The van der Waals surface area contributed by atoms with Gasteiger partial charge in [0, 0.05) is 37.5 Å². The summed E-state index contributed by atoms with van der Waals surface area (Å²) >= 11 is 0. The first kappa shape index (κ1) is 26.1. The summed E-state index contributed by atoms with van der Waals surface area (Å²) in [6.07, 6.45) is 12.1. The second kappa shape index (κ2) is 12.8. The average Bonchev–Trinajstić information content (AvgIpc) is 3.19. The van der Waals surface area contributed by atoms with Crippen molar-refractivity contribution in [2.75, 3.05) is 13.1 Å². The third-order valence-corrected chi connectivity index (χ3v) is 6.88. The number of nitrogens with one attached hydrogen (secondary N) is 1. The standard InChI is InChI=1S/C26H46N2O3/c1-6-7-8-9-22(29)10-11-23-24-15-20(14-21(24)16-25(23)30)17-27-13-12-26(31)28(18(2)3)19(4)5/h10-11,14,18-19,21-25,27,29-30H,6-9,12-13,15-17H2,1-5H3/b11-10+/t21-,22-,23+,24-,25+/m0/s1. The first-order valence-electron chi connectivity index (χ1n) is 12.5. The van der Waals surface area contributed by atoms with Crippen molar-refractivity contribution in [2.24, 2.45) is 17.8 Å². The van der Waals surface area contributed by atoms with Crippen molar-refractivity contribution in [1.29, 1.82) is 0 Å². The second-order valence-electron chi connectivity index (χ2n) is 10.1. The maximum absolute atomic E-state index is 12.5. The summed E-state index contributed by atoms with van der Waals surface area (Å²) in [5, 5.41) is 24.1. The van der Waals surface area contributed by atoms with E-state index >= 15 is 0 Å². The number of allylic oxidation sites excluding steroid dienone is 1. The number of aliphatic hydroxyl groups is 2. The number of hydrogen-bond acceptors (Lipinski definition) is 4. The molecule has 5 atom stereocenters. The van der Waals surface area contributed by atoms with Gasteiger partial charge in [0.25, 0.3) is 0 Å². The van der Waals surface area contributed by atoms with Gasteiger partial charge in [-0.1, -0.05) is 50.0 Å². The molecule has 0 spiro atoms. The SMILES string of the molecule is CCCCC[C@H](O)/C=C/[C@@H]1[C@H]2CC(CNCCC(=O)N(C(C)C)C(C)C)=C[C@H]2C[C@H]1O. The van der Waals surface area contributed by atoms with Gasteiger partial charge < -0.3 is 20.4 Å². The van der Waals surface area contributed by atoms with Gasteiger partial charge in [-0.15, -0.1) is 0 Å². The minimum atomic E-state index is -0.401. The molecule has 2 rings (SSSR count). The molecule has 1 fully saturated rings. The van der Waals surface area contributed by atoms with Crippen molar-refractivity contribution in [2.45, 2.75) is 104 Å². The molecule has 0 aromatic carbocycles. The van der Waals surface area contributed by atoms with Crippen LogP contribution in [-0.4, -0.2) is 58.4 Å². The third kappa shape index (κ3) is 7.73. The Balaban J connectivity index is 1.76. The summed E-state index contributed by atoms with van der Waals surface area (Å²) in [5.74, 6) is 1.20. The van der Waals surface area contributed by atoms with Crippen LogP contribution >= 0.6 is 0 Å². The molecule has 0 aromatic rings. The minimum Gasteiger partial charge on any atom is -0.392 e. The van der Waals surface area contributed by atoms with Crippen LogP contribution < -0.4 is 5.32 Å². The highest BCUT2D eigenvalue weighted by atomic mass is 16.3. The molecule has 5 nitrogen and oxygen atoms in total. The number of aliphatic hydroxyl groups excluding tert-OH is 2. The van der Waals surface area contributed by atoms with Gasteiger partial charge >= 0.3 is 0 Å². The van der Waals surface area contributed by atoms with Crippen molar-refractivity contribution in [3.05, 3.63) is 23.8 Å². The lowest BCUT2D eigenvalue weighted by Gasteiger charge is -2.31. The van der Waals surface area contributed by atoms with E-state index in [0.29, 0.717) is 24.8 Å². The number of fused-ring (bicyclic) bond motifs is 1. The molecule has 0 unspecified atom stereocenters. The molecule has 0 bridgehead atoms. The normalized spacial score (nSPS) is 26.7. The molecule has 0 aliphatic heterocycles. The van der Waals surface area contributed by atoms with Crippen LogP contribution in [0.3, 0.4) is 0 Å². The summed E-state index contributed by atoms with van der Waals surface area (Å²) in [4.78, 5) is 14.4. The molecule has 2 aliphatic rings. The molecule has 1 amide bonds. The summed E-state index contributed by atoms with van der Waals surface area (Å²) in [6.45, 7) is 11.9. The number of rotatable bonds is 13. The number of carbonyl (C=O) groups is 1. The Morgan fingerprint density at radius 1 is 1.26 bits per heavy atom. The van der Waals surface area contributed by atoms with E-state index in [2.05, 4.69) is 52.1 Å². The van der Waals surface area contributed by atoms with Crippen LogP contribution in [0.1, 0.15) is 79.6 Å². The monoisotopic (exact) mass is 434 g/mol. The molecule has 3 N–H and O–H groups in total. The van der Waals surface area contributed by atoms with Gasteiger partial charge in [-0.2, -0.15) is 0 Å². The van der Waals surface area contributed by atoms with Crippen LogP contribution in [0.15, 0.2) is 23.8 Å². The van der Waals surface area contributed by atoms with Gasteiger partial charge in [0.1, 0.15) is 0 Å². The van der Waals surface area contributed by atoms with Gasteiger partial charge in [0.2, 0.25) is 5.91 Å². The lowest BCUT2D eigenvalue weighted by Crippen LogP contribution is -2.43. The van der Waals surface area contributed by atoms with Crippen LogP contribution in [0.25, 0.3) is 0 Å². The number of amides is 1. The number of unbranched alkanes of at least 4 members (excludes halogenated alkanes) is 2. The van der Waals surface area contributed by atoms with E-state index in [4.69, 9.17) is 0 Å². The summed E-state index contributed by atoms with van der Waals surface area (Å²) in [6, 6.07) is 0.456. The van der Waals surface area contributed by atoms with Crippen molar-refractivity contribution in [3.63, 3.8) is 0 Å². The third-order valence-electron chi connectivity index (χ3n) is 6.88. The van der Waals surface area contributed by atoms with Crippen LogP contribution in [0.4, 0.5) is 0 Å². The van der Waals surface area contributed by atoms with Gasteiger partial charge in [-0.05, 0) is 58.8 Å². The zero-order valence-electron chi connectivity index (χ0n) is 20.4. The van der Waals surface area contributed by atoms with Crippen LogP contribution in [0.5, 0.6) is 0 Å². The van der Waals surface area contributed by atoms with E-state index in [1.165, 1.54) is 5.57 Å². The van der Waals surface area contributed by atoms with E-state index in [-0.39, 0.29) is 30.0 Å². The predicted octanol–water partition coefficient (Wildman–Crippen LogP) is 4.05. The Bertz CT molecular complexity index is 606. The molecule has 2 aliphatic carbocycles. The molecular formula is C26H46N2O3. The fourth-order valence-electron chi connectivity index (χ4n) is 5.44. The number of carbonyl (C=O) groups excluding carboxylic acids is 1. The van der Waals surface area contributed by atoms with Crippen molar-refractivity contribution in [3.8, 4) is 0 Å². The van der Waals surface area contributed by atoms with Gasteiger partial charge in [-0.3, -0.25) is 4.79 Å². The molecule has 178 valence electrons. The number of hydrogen-bond donors (Lipinski definition) is 3. The zero-order valence-corrected chi connectivity index (χ0v) is 20.4. The first-order valence-corrected chi connectivity index (χ1v) is 12.5. The van der Waals surface area contributed by atoms with Gasteiger partial charge in [0.15, 0.2) is 0 Å². The highest BCUT2D eigenvalue weighted by Crippen LogP contribution is 2.47. The topological polar surface area (TPSA) is 72.8 Å². The highest BCUT2D eigenvalue weighted by molar-refractivity contribution is 5.77. The van der Waals surface area contributed by atoms with Crippen molar-refractivity contribution >= 4 is 5.91 Å². The van der Waals surface area contributed by atoms with E-state index in [0.717, 1.165) is 45.1 Å². The van der Waals surface area contributed by atoms with E-state index < -0.39 is 6.10 Å². The first-order chi connectivity index (χ1) is 14.7. The Kier molecular flexibility index (Phi) is 10.7. The lowest BCUT2D eigenvalue weighted by molar-refractivity contribution is -0.134. The van der Waals surface area contributed by atoms with Crippen LogP contribution in [-0.2, 0) is 4.79 Å². The average molecular weight is 435 g/mol. The lowest BCUT2D eigenvalue weighted by atomic mass is 9.89. The molecular weight excluding hydrogens is 388 g/mol. The Morgan fingerprint density at radius 2 is 1.97 bits per heavy atom. The predicted molar refractivity (Wildman–Crippen MR) is 128 cm³/mol. The van der Waals surface area contributed by atoms with E-state index in [1.807, 2.05) is 11.0 Å². The fraction of sp³-hybridized carbons (Fsp3) is 0.808. The Hall–Kier alpha value is -1.17. The van der Waals surface area contributed by atoms with Gasteiger partial charge in [0.05, 0.1) is 12.2 Å². The fourth-order valence-corrected chi connectivity index (χ4v) is 5.44. The smallest absolute Gasteiger partial charge is 0.224 e. The molecule has 5 heteroatoms. The van der Waals surface area contributed by atoms with Gasteiger partial charge in [-0.25, -0.2) is 0 Å². The molecule has 0 aromatic heterocycles. The van der Waals surface area contributed by atoms with E-state index in [1.54, 1.807) is 0 Å². The zero-order chi connectivity index (χ0) is 23.0. The second-order valence-corrected chi connectivity index (χ2v) is 10.1. The number of nitrogens with zero attached hydrogens (tertiary/aromatic N) is 1. The summed E-state index contributed by atoms with van der Waals surface area (Å²) < 4.78 is 0. The molecule has 1 saturated carbocycles. The molecule has 31 heavy (non-hydrogen) atoms. The highest BCUT2D eigenvalue weighted by Gasteiger charge is 2.43. The maximum atomic E-state index is 12.5. The quantitative estimate of drug-likeness (QED) is 0.302. The van der Waals surface area contributed by atoms with E-state index in [9.17, 15) is 15.0 Å². The molecule has 0 heterocycles. The van der Waals surface area contributed by atoms with Crippen molar-refractivity contribution in [1.82, 2.24) is 10.2 Å². The van der Waals surface area contributed by atoms with Crippen LogP contribution in [0.2, 0.25) is 0 Å². The Morgan fingerprint density at radius 3 is 2.61 bits per heavy atom. The molecule has 0 saturated heterocycles. The van der Waals surface area contributed by atoms with Crippen LogP contribution in [0, 0.1) is 17.8 Å². The molecule has 0 radical (unpaired) electrons. The maximum Gasteiger partial charge on any atom is 0.224 e. The Labute approximate surface area is 190 Å². The summed E-state index contributed by atoms with van der Waals surface area (Å²) in [7, 11) is 0. The summed E-state index contributed by atoms with van der Waals surface area (Å²) in [5.41, 5.74) is 1.39. The minimum absolute atomic E-state index is 0.131. The largest absolute Gasteiger partial charge is 0.392 e. The van der Waals surface area contributed by atoms with Crippen molar-refractivity contribution < 1.29 is 15.0 Å².